The molecular formula is C9H14O2S. The Bertz CT molecular complexity index is 232. The van der Waals surface area contributed by atoms with Crippen LogP contribution < -0.4 is 9.47 Å². The molecule has 0 fully saturated rings. The van der Waals surface area contributed by atoms with Gasteiger partial charge in [-0.1, -0.05) is 13.8 Å². The van der Waals surface area contributed by atoms with Gasteiger partial charge in [0.15, 0.2) is 11.5 Å². The van der Waals surface area contributed by atoms with Gasteiger partial charge in [0.1, 0.15) is 12.7 Å². The minimum absolute atomic E-state index is 0.196. The lowest BCUT2D eigenvalue weighted by molar-refractivity contribution is 0.106. The predicted octanol–water partition coefficient (Wildman–Crippen LogP) is 2.93. The lowest BCUT2D eigenvalue weighted by Crippen LogP contribution is -2.24. The van der Waals surface area contributed by atoms with E-state index in [0.29, 0.717) is 6.61 Å². The first-order valence-electron chi connectivity index (χ1n) is 4.22. The van der Waals surface area contributed by atoms with Gasteiger partial charge in [-0.2, -0.15) is 0 Å². The molecule has 0 radical (unpaired) electrons. The summed E-state index contributed by atoms with van der Waals surface area (Å²) in [5.74, 6) is 1.78. The van der Waals surface area contributed by atoms with Gasteiger partial charge in [0.25, 0.3) is 0 Å². The van der Waals surface area contributed by atoms with Gasteiger partial charge in [-0.05, 0) is 6.92 Å². The van der Waals surface area contributed by atoms with Crippen molar-refractivity contribution in [1.82, 2.24) is 0 Å². The molecule has 1 aromatic heterocycles. The Morgan fingerprint density at radius 3 is 2.75 bits per heavy atom. The van der Waals surface area contributed by atoms with E-state index in [0.717, 1.165) is 11.5 Å². The summed E-state index contributed by atoms with van der Waals surface area (Å²) in [4.78, 5) is 0. The highest BCUT2D eigenvalue weighted by Crippen LogP contribution is 2.34. The smallest absolute Gasteiger partial charge is 0.172 e. The third-order valence-corrected chi connectivity index (χ3v) is 2.10. The molecule has 2 rings (SSSR count). The molecule has 0 saturated heterocycles. The summed E-state index contributed by atoms with van der Waals surface area (Å²) in [7, 11) is 0. The Balaban J connectivity index is 0.000000336. The summed E-state index contributed by atoms with van der Waals surface area (Å²) in [6, 6.07) is 0. The van der Waals surface area contributed by atoms with E-state index in [2.05, 4.69) is 0 Å². The van der Waals surface area contributed by atoms with Crippen molar-refractivity contribution in [3.05, 3.63) is 10.8 Å². The molecule has 0 N–H and O–H groups in total. The summed E-state index contributed by atoms with van der Waals surface area (Å²) in [5, 5.41) is 3.92. The maximum atomic E-state index is 5.46. The summed E-state index contributed by atoms with van der Waals surface area (Å²) >= 11 is 1.61. The highest BCUT2D eigenvalue weighted by atomic mass is 32.1. The zero-order valence-electron chi connectivity index (χ0n) is 7.66. The Hall–Kier alpha value is -0.700. The molecule has 2 heterocycles. The van der Waals surface area contributed by atoms with Gasteiger partial charge in [-0.25, -0.2) is 0 Å². The first kappa shape index (κ1) is 9.39. The van der Waals surface area contributed by atoms with Crippen LogP contribution >= 0.6 is 11.3 Å². The predicted molar refractivity (Wildman–Crippen MR) is 51.3 cm³/mol. The molecule has 3 heteroatoms. The zero-order chi connectivity index (χ0) is 8.97. The van der Waals surface area contributed by atoms with Crippen molar-refractivity contribution in [1.29, 1.82) is 0 Å². The van der Waals surface area contributed by atoms with E-state index in [9.17, 15) is 0 Å². The molecule has 0 spiro atoms. The van der Waals surface area contributed by atoms with E-state index in [1.165, 1.54) is 0 Å². The second-order valence-electron chi connectivity index (χ2n) is 2.34. The average molecular weight is 186 g/mol. The SMILES string of the molecule is CC.CC1COc2cscc2O1. The summed E-state index contributed by atoms with van der Waals surface area (Å²) in [6.45, 7) is 6.67. The lowest BCUT2D eigenvalue weighted by atomic mass is 10.4. The Morgan fingerprint density at radius 1 is 1.33 bits per heavy atom. The van der Waals surface area contributed by atoms with Gasteiger partial charge in [-0.15, -0.1) is 11.3 Å². The molecule has 1 aromatic rings. The second-order valence-corrected chi connectivity index (χ2v) is 3.08. The van der Waals surface area contributed by atoms with E-state index >= 15 is 0 Å². The molecule has 1 unspecified atom stereocenters. The number of fused-ring (bicyclic) bond motifs is 1. The van der Waals surface area contributed by atoms with E-state index < -0.39 is 0 Å². The van der Waals surface area contributed by atoms with Crippen LogP contribution in [0, 0.1) is 0 Å². The molecule has 0 saturated carbocycles. The zero-order valence-corrected chi connectivity index (χ0v) is 8.48. The van der Waals surface area contributed by atoms with E-state index in [1.54, 1.807) is 11.3 Å². The fraction of sp³-hybridized carbons (Fsp3) is 0.556. The topological polar surface area (TPSA) is 18.5 Å². The van der Waals surface area contributed by atoms with Crippen LogP contribution in [0.15, 0.2) is 10.8 Å². The molecule has 1 atom stereocenters. The van der Waals surface area contributed by atoms with Crippen molar-refractivity contribution < 1.29 is 9.47 Å². The second kappa shape index (κ2) is 4.36. The van der Waals surface area contributed by atoms with E-state index in [-0.39, 0.29) is 6.10 Å². The van der Waals surface area contributed by atoms with Crippen LogP contribution in [0.2, 0.25) is 0 Å². The fourth-order valence-electron chi connectivity index (χ4n) is 0.923. The maximum absolute atomic E-state index is 5.46. The lowest BCUT2D eigenvalue weighted by Gasteiger charge is -2.20. The molecular weight excluding hydrogens is 172 g/mol. The summed E-state index contributed by atoms with van der Waals surface area (Å²) < 4.78 is 10.8. The third-order valence-electron chi connectivity index (χ3n) is 1.39. The van der Waals surface area contributed by atoms with Crippen molar-refractivity contribution >= 4 is 11.3 Å². The van der Waals surface area contributed by atoms with Crippen LogP contribution in [0.3, 0.4) is 0 Å². The van der Waals surface area contributed by atoms with Crippen molar-refractivity contribution in [2.24, 2.45) is 0 Å². The molecule has 0 aromatic carbocycles. The van der Waals surface area contributed by atoms with Crippen molar-refractivity contribution in [2.45, 2.75) is 26.9 Å². The van der Waals surface area contributed by atoms with Crippen LogP contribution in [0.5, 0.6) is 11.5 Å². The van der Waals surface area contributed by atoms with Gasteiger partial charge in [0.05, 0.1) is 0 Å². The van der Waals surface area contributed by atoms with Crippen molar-refractivity contribution in [3.63, 3.8) is 0 Å². The van der Waals surface area contributed by atoms with Crippen LogP contribution in [-0.4, -0.2) is 12.7 Å². The Morgan fingerprint density at radius 2 is 2.00 bits per heavy atom. The van der Waals surface area contributed by atoms with Gasteiger partial charge in [0, 0.05) is 10.8 Å². The molecule has 68 valence electrons. The van der Waals surface area contributed by atoms with Crippen LogP contribution in [-0.2, 0) is 0 Å². The summed E-state index contributed by atoms with van der Waals surface area (Å²) in [6.07, 6.45) is 0.196. The Kier molecular flexibility index (Phi) is 3.41. The molecule has 1 aliphatic rings. The monoisotopic (exact) mass is 186 g/mol. The summed E-state index contributed by atoms with van der Waals surface area (Å²) in [5.41, 5.74) is 0. The average Bonchev–Trinajstić information content (AvgIpc) is 2.54. The van der Waals surface area contributed by atoms with Crippen LogP contribution in [0.25, 0.3) is 0 Å². The molecule has 1 aliphatic heterocycles. The van der Waals surface area contributed by atoms with Crippen molar-refractivity contribution in [2.75, 3.05) is 6.61 Å². The van der Waals surface area contributed by atoms with Gasteiger partial charge in [-0.3, -0.25) is 0 Å². The van der Waals surface area contributed by atoms with Crippen LogP contribution in [0.1, 0.15) is 20.8 Å². The highest BCUT2D eigenvalue weighted by Gasteiger charge is 2.16. The molecule has 0 bridgehead atoms. The van der Waals surface area contributed by atoms with Crippen molar-refractivity contribution in [3.8, 4) is 11.5 Å². The molecule has 0 amide bonds. The minimum Gasteiger partial charge on any atom is -0.485 e. The number of ether oxygens (including phenoxy) is 2. The van der Waals surface area contributed by atoms with E-state index in [1.807, 2.05) is 31.5 Å². The van der Waals surface area contributed by atoms with Crippen LogP contribution in [0.4, 0.5) is 0 Å². The standard InChI is InChI=1S/C7H8O2S.C2H6/c1-5-2-8-6-3-10-4-7(6)9-5;1-2/h3-5H,2H2,1H3;1-2H3. The highest BCUT2D eigenvalue weighted by molar-refractivity contribution is 7.08. The third kappa shape index (κ3) is 1.91. The van der Waals surface area contributed by atoms with Gasteiger partial charge in [0.2, 0.25) is 0 Å². The quantitative estimate of drug-likeness (QED) is 0.620. The first-order chi connectivity index (χ1) is 5.86. The molecule has 2 nitrogen and oxygen atoms in total. The van der Waals surface area contributed by atoms with Gasteiger partial charge < -0.3 is 9.47 Å². The normalized spacial score (nSPS) is 19.4. The number of thiophene rings is 1. The number of hydrogen-bond donors (Lipinski definition) is 0. The maximum Gasteiger partial charge on any atom is 0.172 e. The number of hydrogen-bond acceptors (Lipinski definition) is 3. The minimum atomic E-state index is 0.196. The first-order valence-corrected chi connectivity index (χ1v) is 5.16. The fourth-order valence-corrected chi connectivity index (χ4v) is 1.59. The molecule has 0 aliphatic carbocycles. The Labute approximate surface area is 77.1 Å². The number of rotatable bonds is 0. The largest absolute Gasteiger partial charge is 0.485 e. The van der Waals surface area contributed by atoms with E-state index in [4.69, 9.17) is 9.47 Å². The van der Waals surface area contributed by atoms with Gasteiger partial charge >= 0.3 is 0 Å². The molecule has 12 heavy (non-hydrogen) atoms.